The van der Waals surface area contributed by atoms with Crippen molar-refractivity contribution in [2.45, 2.75) is 38.6 Å². The van der Waals surface area contributed by atoms with E-state index in [1.165, 1.54) is 30.6 Å². The second kappa shape index (κ2) is 6.37. The van der Waals surface area contributed by atoms with E-state index in [1.54, 1.807) is 11.9 Å². The lowest BCUT2D eigenvalue weighted by atomic mass is 9.97. The summed E-state index contributed by atoms with van der Waals surface area (Å²) in [6, 6.07) is 0.340. The number of likely N-dealkylation sites (N-methyl/N-ethyl adjacent to an activating group) is 2. The SMILES string of the molecule is CCNC(CN1CC(=O)N(C)CC1=O)C1CCCC1. The van der Waals surface area contributed by atoms with Gasteiger partial charge in [-0.15, -0.1) is 0 Å². The molecule has 2 rings (SSSR count). The van der Waals surface area contributed by atoms with Gasteiger partial charge in [0.2, 0.25) is 11.8 Å². The van der Waals surface area contributed by atoms with Crippen LogP contribution in [0.15, 0.2) is 0 Å². The molecule has 2 aliphatic rings. The third-order valence-electron chi connectivity index (χ3n) is 4.33. The Morgan fingerprint density at radius 2 is 1.89 bits per heavy atom. The van der Waals surface area contributed by atoms with E-state index in [-0.39, 0.29) is 24.9 Å². The lowest BCUT2D eigenvalue weighted by Crippen LogP contribution is -2.56. The fourth-order valence-corrected chi connectivity index (χ4v) is 3.17. The van der Waals surface area contributed by atoms with Gasteiger partial charge in [-0.25, -0.2) is 0 Å². The average Bonchev–Trinajstić information content (AvgIpc) is 2.89. The second-order valence-corrected chi connectivity index (χ2v) is 5.73. The van der Waals surface area contributed by atoms with Crippen molar-refractivity contribution in [3.63, 3.8) is 0 Å². The van der Waals surface area contributed by atoms with Crippen LogP contribution in [0, 0.1) is 5.92 Å². The second-order valence-electron chi connectivity index (χ2n) is 5.73. The highest BCUT2D eigenvalue weighted by molar-refractivity contribution is 5.92. The van der Waals surface area contributed by atoms with E-state index >= 15 is 0 Å². The Kier molecular flexibility index (Phi) is 4.80. The maximum atomic E-state index is 12.0. The molecule has 5 nitrogen and oxygen atoms in total. The molecule has 0 aromatic heterocycles. The summed E-state index contributed by atoms with van der Waals surface area (Å²) in [7, 11) is 1.69. The minimum absolute atomic E-state index is 0.0428. The van der Waals surface area contributed by atoms with Crippen LogP contribution in [-0.2, 0) is 9.59 Å². The Labute approximate surface area is 115 Å². The molecule has 1 saturated heterocycles. The van der Waals surface area contributed by atoms with E-state index in [9.17, 15) is 9.59 Å². The van der Waals surface area contributed by atoms with E-state index in [0.29, 0.717) is 18.5 Å². The highest BCUT2D eigenvalue weighted by Gasteiger charge is 2.32. The highest BCUT2D eigenvalue weighted by Crippen LogP contribution is 2.28. The van der Waals surface area contributed by atoms with E-state index in [2.05, 4.69) is 12.2 Å². The summed E-state index contributed by atoms with van der Waals surface area (Å²) in [6.45, 7) is 4.15. The Morgan fingerprint density at radius 1 is 1.21 bits per heavy atom. The number of carbonyl (C=O) groups is 2. The highest BCUT2D eigenvalue weighted by atomic mass is 16.2. The number of carbonyl (C=O) groups excluding carboxylic acids is 2. The van der Waals surface area contributed by atoms with Crippen molar-refractivity contribution in [2.24, 2.45) is 5.92 Å². The van der Waals surface area contributed by atoms with Gasteiger partial charge in [-0.3, -0.25) is 9.59 Å². The molecule has 1 aliphatic carbocycles. The maximum Gasteiger partial charge on any atom is 0.242 e. The van der Waals surface area contributed by atoms with Gasteiger partial charge in [0.1, 0.15) is 0 Å². The standard InChI is InChI=1S/C14H25N3O2/c1-3-15-12(11-6-4-5-7-11)8-17-10-13(18)16(2)9-14(17)19/h11-12,15H,3-10H2,1-2H3. The first-order chi connectivity index (χ1) is 9.11. The molecule has 1 atom stereocenters. The van der Waals surface area contributed by atoms with Crippen molar-refractivity contribution >= 4 is 11.8 Å². The zero-order chi connectivity index (χ0) is 13.8. The van der Waals surface area contributed by atoms with Crippen molar-refractivity contribution in [3.8, 4) is 0 Å². The first-order valence-electron chi connectivity index (χ1n) is 7.37. The fraction of sp³-hybridized carbons (Fsp3) is 0.857. The van der Waals surface area contributed by atoms with Crippen LogP contribution in [0.1, 0.15) is 32.6 Å². The molecule has 2 amide bonds. The average molecular weight is 267 g/mol. The van der Waals surface area contributed by atoms with Crippen molar-refractivity contribution in [1.29, 1.82) is 0 Å². The molecule has 0 aromatic rings. The molecule has 108 valence electrons. The number of nitrogens with zero attached hydrogens (tertiary/aromatic N) is 2. The van der Waals surface area contributed by atoms with Crippen molar-refractivity contribution < 1.29 is 9.59 Å². The van der Waals surface area contributed by atoms with Crippen LogP contribution in [0.25, 0.3) is 0 Å². The fourth-order valence-electron chi connectivity index (χ4n) is 3.17. The summed E-state index contributed by atoms with van der Waals surface area (Å²) in [5.41, 5.74) is 0. The Bertz CT molecular complexity index is 340. The quantitative estimate of drug-likeness (QED) is 0.787. The topological polar surface area (TPSA) is 52.7 Å². The Morgan fingerprint density at radius 3 is 2.53 bits per heavy atom. The van der Waals surface area contributed by atoms with Crippen LogP contribution in [-0.4, -0.2) is 60.9 Å². The number of hydrogen-bond acceptors (Lipinski definition) is 3. The van der Waals surface area contributed by atoms with Crippen molar-refractivity contribution in [2.75, 3.05) is 33.2 Å². The van der Waals surface area contributed by atoms with E-state index in [0.717, 1.165) is 6.54 Å². The van der Waals surface area contributed by atoms with Crippen LogP contribution >= 0.6 is 0 Å². The molecule has 1 unspecified atom stereocenters. The van der Waals surface area contributed by atoms with Crippen molar-refractivity contribution in [1.82, 2.24) is 15.1 Å². The molecule has 5 heteroatoms. The summed E-state index contributed by atoms with van der Waals surface area (Å²) < 4.78 is 0. The summed E-state index contributed by atoms with van der Waals surface area (Å²) in [5, 5.41) is 3.50. The number of rotatable bonds is 5. The molecular weight excluding hydrogens is 242 g/mol. The Balaban J connectivity index is 1.95. The summed E-state index contributed by atoms with van der Waals surface area (Å²) in [6.07, 6.45) is 5.07. The molecular formula is C14H25N3O2. The first-order valence-corrected chi connectivity index (χ1v) is 7.37. The van der Waals surface area contributed by atoms with Gasteiger partial charge < -0.3 is 15.1 Å². The minimum Gasteiger partial charge on any atom is -0.335 e. The van der Waals surface area contributed by atoms with Crippen molar-refractivity contribution in [3.05, 3.63) is 0 Å². The molecule has 0 aromatic carbocycles. The van der Waals surface area contributed by atoms with Crippen LogP contribution < -0.4 is 5.32 Å². The molecule has 0 bridgehead atoms. The molecule has 1 saturated carbocycles. The predicted molar refractivity (Wildman–Crippen MR) is 73.6 cm³/mol. The smallest absolute Gasteiger partial charge is 0.242 e. The van der Waals surface area contributed by atoms with Gasteiger partial charge in [-0.05, 0) is 25.3 Å². The molecule has 0 radical (unpaired) electrons. The van der Waals surface area contributed by atoms with Gasteiger partial charge in [0.05, 0.1) is 13.1 Å². The summed E-state index contributed by atoms with van der Waals surface area (Å²) >= 11 is 0. The maximum absolute atomic E-state index is 12.0. The van der Waals surface area contributed by atoms with E-state index < -0.39 is 0 Å². The first kappa shape index (κ1) is 14.3. The van der Waals surface area contributed by atoms with Crippen LogP contribution in [0.5, 0.6) is 0 Å². The largest absolute Gasteiger partial charge is 0.335 e. The van der Waals surface area contributed by atoms with Gasteiger partial charge in [0.15, 0.2) is 0 Å². The molecule has 1 heterocycles. The van der Waals surface area contributed by atoms with Crippen LogP contribution in [0.3, 0.4) is 0 Å². The third-order valence-corrected chi connectivity index (χ3v) is 4.33. The third kappa shape index (κ3) is 3.47. The molecule has 19 heavy (non-hydrogen) atoms. The molecule has 2 fully saturated rings. The van der Waals surface area contributed by atoms with Gasteiger partial charge in [0.25, 0.3) is 0 Å². The molecule has 1 aliphatic heterocycles. The number of amides is 2. The number of hydrogen-bond donors (Lipinski definition) is 1. The van der Waals surface area contributed by atoms with Crippen LogP contribution in [0.4, 0.5) is 0 Å². The number of nitrogens with one attached hydrogen (secondary N) is 1. The van der Waals surface area contributed by atoms with E-state index in [4.69, 9.17) is 0 Å². The zero-order valence-electron chi connectivity index (χ0n) is 12.0. The Hall–Kier alpha value is -1.10. The monoisotopic (exact) mass is 267 g/mol. The molecule has 0 spiro atoms. The zero-order valence-corrected chi connectivity index (χ0v) is 12.0. The van der Waals surface area contributed by atoms with Gasteiger partial charge in [0, 0.05) is 19.6 Å². The summed E-state index contributed by atoms with van der Waals surface area (Å²) in [4.78, 5) is 27.0. The van der Waals surface area contributed by atoms with Gasteiger partial charge in [-0.1, -0.05) is 19.8 Å². The lowest BCUT2D eigenvalue weighted by Gasteiger charge is -2.36. The van der Waals surface area contributed by atoms with Gasteiger partial charge >= 0.3 is 0 Å². The predicted octanol–water partition coefficient (Wildman–Crippen LogP) is 0.455. The minimum atomic E-state index is 0.0428. The van der Waals surface area contributed by atoms with Gasteiger partial charge in [-0.2, -0.15) is 0 Å². The van der Waals surface area contributed by atoms with Crippen LogP contribution in [0.2, 0.25) is 0 Å². The molecule has 1 N–H and O–H groups in total. The van der Waals surface area contributed by atoms with E-state index in [1.807, 2.05) is 0 Å². The number of piperazine rings is 1. The lowest BCUT2D eigenvalue weighted by molar-refractivity contribution is -0.149. The summed E-state index contributed by atoms with van der Waals surface area (Å²) in [5.74, 6) is 0.770. The normalized spacial score (nSPS) is 23.3.